The molecule has 0 saturated heterocycles. The SMILES string of the molecule is CCCOc1ccc(-c2c3ccccc3c(-c3ccc4c(c3)C(C)(C)c3cc(-c5ccc6c(c5)C(C)(C)c5cc(-c7c8ccccc8c(-c8ccc9c(c8)C(C)(C)c8ccccc8-9)c8ccccc78)ccc5-6)ccc3-4)c3ccccc23)cc1. The Labute approximate surface area is 487 Å². The zero-order chi connectivity index (χ0) is 56.1. The van der Waals surface area contributed by atoms with Gasteiger partial charge in [-0.1, -0.05) is 243 Å². The second kappa shape index (κ2) is 18.1. The second-order valence-electron chi connectivity index (χ2n) is 25.3. The third-order valence-corrected chi connectivity index (χ3v) is 19.6. The molecule has 0 N–H and O–H groups in total. The molecule has 13 aromatic rings. The van der Waals surface area contributed by atoms with Crippen LogP contribution in [0.4, 0.5) is 0 Å². The van der Waals surface area contributed by atoms with Crippen molar-refractivity contribution in [3.63, 3.8) is 0 Å². The monoisotopic (exact) mass is 1060 g/mol. The van der Waals surface area contributed by atoms with Gasteiger partial charge in [-0.05, 0) is 214 Å². The molecule has 1 nitrogen and oxygen atoms in total. The van der Waals surface area contributed by atoms with Gasteiger partial charge in [0.1, 0.15) is 5.75 Å². The largest absolute Gasteiger partial charge is 0.494 e. The molecule has 0 aliphatic heterocycles. The topological polar surface area (TPSA) is 9.23 Å². The van der Waals surface area contributed by atoms with Crippen LogP contribution in [0.5, 0.6) is 5.75 Å². The Morgan fingerprint density at radius 3 is 0.843 bits per heavy atom. The van der Waals surface area contributed by atoms with Crippen molar-refractivity contribution in [3.8, 4) is 94.8 Å². The lowest BCUT2D eigenvalue weighted by molar-refractivity contribution is 0.317. The first-order chi connectivity index (χ1) is 40.4. The molecule has 3 aliphatic carbocycles. The number of ether oxygens (including phenoxy) is 1. The summed E-state index contributed by atoms with van der Waals surface area (Å²) in [5.74, 6) is 0.912. The Hall–Kier alpha value is -9.30. The van der Waals surface area contributed by atoms with E-state index < -0.39 is 0 Å². The van der Waals surface area contributed by atoms with E-state index in [1.165, 1.54) is 165 Å². The van der Waals surface area contributed by atoms with E-state index in [1.807, 2.05) is 0 Å². The van der Waals surface area contributed by atoms with Crippen molar-refractivity contribution in [3.05, 3.63) is 270 Å². The highest BCUT2D eigenvalue weighted by atomic mass is 16.5. The average molecular weight is 1070 g/mol. The lowest BCUT2D eigenvalue weighted by Crippen LogP contribution is -2.15. The molecule has 0 unspecified atom stereocenters. The van der Waals surface area contributed by atoms with E-state index in [-0.39, 0.29) is 16.2 Å². The van der Waals surface area contributed by atoms with E-state index >= 15 is 0 Å². The fraction of sp³-hybridized carbons (Fsp3) is 0.146. The van der Waals surface area contributed by atoms with Crippen molar-refractivity contribution >= 4 is 43.1 Å². The highest BCUT2D eigenvalue weighted by Crippen LogP contribution is 2.56. The lowest BCUT2D eigenvalue weighted by Gasteiger charge is -2.24. The van der Waals surface area contributed by atoms with Crippen molar-refractivity contribution in [2.24, 2.45) is 0 Å². The summed E-state index contributed by atoms with van der Waals surface area (Å²) in [4.78, 5) is 0. The summed E-state index contributed by atoms with van der Waals surface area (Å²) in [6.45, 7) is 17.3. The van der Waals surface area contributed by atoms with Crippen molar-refractivity contribution in [2.45, 2.75) is 71.1 Å². The van der Waals surface area contributed by atoms with Gasteiger partial charge in [0.05, 0.1) is 6.61 Å². The van der Waals surface area contributed by atoms with Gasteiger partial charge in [0.25, 0.3) is 0 Å². The summed E-state index contributed by atoms with van der Waals surface area (Å²) < 4.78 is 6.00. The van der Waals surface area contributed by atoms with Crippen molar-refractivity contribution in [1.82, 2.24) is 0 Å². The van der Waals surface area contributed by atoms with E-state index in [0.29, 0.717) is 0 Å². The molecule has 0 spiro atoms. The van der Waals surface area contributed by atoms with Gasteiger partial charge in [-0.3, -0.25) is 0 Å². The Kier molecular flexibility index (Phi) is 10.8. The van der Waals surface area contributed by atoms with Gasteiger partial charge in [0.2, 0.25) is 0 Å². The molecule has 83 heavy (non-hydrogen) atoms. The van der Waals surface area contributed by atoms with E-state index in [1.54, 1.807) is 0 Å². The quantitative estimate of drug-likeness (QED) is 0.138. The maximum absolute atomic E-state index is 6.00. The third kappa shape index (κ3) is 7.20. The van der Waals surface area contributed by atoms with Crippen LogP contribution in [0.1, 0.15) is 88.3 Å². The molecule has 0 amide bonds. The number of rotatable bonds is 8. The van der Waals surface area contributed by atoms with Crippen LogP contribution in [0, 0.1) is 0 Å². The number of fused-ring (bicyclic) bond motifs is 13. The van der Waals surface area contributed by atoms with E-state index in [9.17, 15) is 0 Å². The minimum atomic E-state index is -0.222. The highest BCUT2D eigenvalue weighted by Gasteiger charge is 2.39. The summed E-state index contributed by atoms with van der Waals surface area (Å²) in [6, 6.07) is 90.1. The van der Waals surface area contributed by atoms with Gasteiger partial charge in [-0.25, -0.2) is 0 Å². The Balaban J connectivity index is 0.746. The minimum Gasteiger partial charge on any atom is -0.494 e. The first-order valence-electron chi connectivity index (χ1n) is 29.8. The average Bonchev–Trinajstić information content (AvgIpc) is 3.05. The molecular weight excluding hydrogens is 1000 g/mol. The Morgan fingerprint density at radius 2 is 0.506 bits per heavy atom. The van der Waals surface area contributed by atoms with E-state index in [2.05, 4.69) is 285 Å². The Morgan fingerprint density at radius 1 is 0.253 bits per heavy atom. The van der Waals surface area contributed by atoms with Crippen LogP contribution in [0.25, 0.3) is 132 Å². The predicted octanol–water partition coefficient (Wildman–Crippen LogP) is 22.3. The van der Waals surface area contributed by atoms with E-state index in [4.69, 9.17) is 4.74 Å². The molecule has 16 rings (SSSR count). The molecule has 3 aliphatic rings. The number of hydrogen-bond acceptors (Lipinski definition) is 1. The van der Waals surface area contributed by atoms with Crippen LogP contribution in [-0.4, -0.2) is 6.61 Å². The van der Waals surface area contributed by atoms with Gasteiger partial charge in [0.15, 0.2) is 0 Å². The summed E-state index contributed by atoms with van der Waals surface area (Å²) in [6.07, 6.45) is 0.985. The van der Waals surface area contributed by atoms with Gasteiger partial charge in [-0.2, -0.15) is 0 Å². The molecule has 0 atom stereocenters. The number of benzene rings is 13. The third-order valence-electron chi connectivity index (χ3n) is 19.6. The standard InChI is InChI=1S/C82H64O/c1-8-43-83-55-36-29-49(30-37-55)76-62-20-9-11-22-64(62)77(65-23-12-10-21-63(65)76)53-34-41-60-58-38-31-50(44-71(58)81(4,5)74(60)47-53)51-32-39-59-61-42-35-54(48-75(61)82(6,7)72(59)45-51)79-68-26-15-13-24-66(68)78(67-25-14-16-27-69(67)79)52-33-40-57-56-19-17-18-28-70(56)80(2,3)73(57)46-52/h9-42,44-48H,8,43H2,1-7H3. The molecule has 0 bridgehead atoms. The maximum atomic E-state index is 6.00. The summed E-state index contributed by atoms with van der Waals surface area (Å²) in [7, 11) is 0. The molecule has 0 fully saturated rings. The molecule has 0 aromatic heterocycles. The van der Waals surface area contributed by atoms with Crippen molar-refractivity contribution in [2.75, 3.05) is 6.61 Å². The number of hydrogen-bond donors (Lipinski definition) is 0. The molecule has 13 aromatic carbocycles. The van der Waals surface area contributed by atoms with Crippen molar-refractivity contribution in [1.29, 1.82) is 0 Å². The molecule has 0 saturated carbocycles. The molecule has 1 heteroatoms. The summed E-state index contributed by atoms with van der Waals surface area (Å²) in [5.41, 5.74) is 28.4. The minimum absolute atomic E-state index is 0.0824. The second-order valence-corrected chi connectivity index (χ2v) is 25.3. The van der Waals surface area contributed by atoms with Crippen LogP contribution >= 0.6 is 0 Å². The molecule has 0 radical (unpaired) electrons. The van der Waals surface area contributed by atoms with Crippen LogP contribution in [0.3, 0.4) is 0 Å². The first-order valence-corrected chi connectivity index (χ1v) is 29.8. The van der Waals surface area contributed by atoms with Gasteiger partial charge < -0.3 is 4.74 Å². The molecule has 0 heterocycles. The smallest absolute Gasteiger partial charge is 0.119 e. The normalized spacial score (nSPS) is 14.6. The van der Waals surface area contributed by atoms with Crippen LogP contribution in [0.15, 0.2) is 237 Å². The first kappa shape index (κ1) is 49.5. The van der Waals surface area contributed by atoms with Gasteiger partial charge in [0, 0.05) is 16.2 Å². The summed E-state index contributed by atoms with van der Waals surface area (Å²) in [5, 5.41) is 10.2. The Bertz CT molecular complexity index is 4790. The van der Waals surface area contributed by atoms with Crippen molar-refractivity contribution < 1.29 is 4.74 Å². The molecular formula is C82H64O. The highest BCUT2D eigenvalue weighted by molar-refractivity contribution is 6.23. The molecule has 398 valence electrons. The van der Waals surface area contributed by atoms with Gasteiger partial charge >= 0.3 is 0 Å². The lowest BCUT2D eigenvalue weighted by atomic mass is 9.79. The summed E-state index contributed by atoms with van der Waals surface area (Å²) >= 11 is 0. The zero-order valence-electron chi connectivity index (χ0n) is 48.3. The zero-order valence-corrected chi connectivity index (χ0v) is 48.3. The van der Waals surface area contributed by atoms with Crippen LogP contribution < -0.4 is 4.74 Å². The fourth-order valence-electron chi connectivity index (χ4n) is 15.4. The van der Waals surface area contributed by atoms with Crippen LogP contribution in [0.2, 0.25) is 0 Å². The van der Waals surface area contributed by atoms with Gasteiger partial charge in [-0.15, -0.1) is 0 Å². The maximum Gasteiger partial charge on any atom is 0.119 e. The van der Waals surface area contributed by atoms with Crippen LogP contribution in [-0.2, 0) is 16.2 Å². The fourth-order valence-corrected chi connectivity index (χ4v) is 15.4. The van der Waals surface area contributed by atoms with E-state index in [0.717, 1.165) is 18.8 Å². The predicted molar refractivity (Wildman–Crippen MR) is 352 cm³/mol.